The minimum atomic E-state index is -3.42. The van der Waals surface area contributed by atoms with E-state index >= 15 is 0 Å². The molecule has 1 aliphatic rings. The number of nitrogens with zero attached hydrogens (tertiary/aromatic N) is 1. The zero-order valence-electron chi connectivity index (χ0n) is 13.1. The van der Waals surface area contributed by atoms with E-state index < -0.39 is 9.84 Å². The molecule has 1 saturated heterocycles. The largest absolute Gasteiger partial charge is 0.381 e. The van der Waals surface area contributed by atoms with Gasteiger partial charge in [-0.25, -0.2) is 8.42 Å². The maximum atomic E-state index is 12.8. The molecule has 1 aromatic rings. The topological polar surface area (TPSA) is 63.7 Å². The molecule has 0 saturated carbocycles. The summed E-state index contributed by atoms with van der Waals surface area (Å²) in [6.07, 6.45) is 0.943. The first-order valence-corrected chi connectivity index (χ1v) is 9.33. The number of carbonyl (C=O) groups excluding carboxylic acids is 1. The van der Waals surface area contributed by atoms with E-state index in [-0.39, 0.29) is 22.1 Å². The van der Waals surface area contributed by atoms with Gasteiger partial charge in [0, 0.05) is 25.6 Å². The van der Waals surface area contributed by atoms with Gasteiger partial charge in [-0.3, -0.25) is 4.79 Å². The highest BCUT2D eigenvalue weighted by atomic mass is 32.2. The van der Waals surface area contributed by atoms with E-state index in [2.05, 4.69) is 0 Å². The summed E-state index contributed by atoms with van der Waals surface area (Å²) >= 11 is 0. The Balaban J connectivity index is 2.27. The normalized spacial score (nSPS) is 18.4. The van der Waals surface area contributed by atoms with Crippen LogP contribution in [0.2, 0.25) is 0 Å². The summed E-state index contributed by atoms with van der Waals surface area (Å²) in [5.74, 6) is 0.0979. The molecule has 0 radical (unpaired) electrons. The van der Waals surface area contributed by atoms with Gasteiger partial charge in [-0.2, -0.15) is 0 Å². The Labute approximate surface area is 132 Å². The second-order valence-corrected chi connectivity index (χ2v) is 7.72. The number of rotatable bonds is 6. The Hall–Kier alpha value is -1.40. The van der Waals surface area contributed by atoms with Crippen LogP contribution in [0.25, 0.3) is 0 Å². The molecular weight excluding hydrogens is 302 g/mol. The molecule has 0 aromatic heterocycles. The quantitative estimate of drug-likeness (QED) is 0.802. The fourth-order valence-corrected chi connectivity index (χ4v) is 3.72. The van der Waals surface area contributed by atoms with Crippen molar-refractivity contribution in [2.45, 2.75) is 25.2 Å². The third kappa shape index (κ3) is 3.67. The van der Waals surface area contributed by atoms with Crippen molar-refractivity contribution in [3.05, 3.63) is 29.8 Å². The minimum absolute atomic E-state index is 0.0140. The van der Waals surface area contributed by atoms with Crippen molar-refractivity contribution in [2.75, 3.05) is 32.1 Å². The zero-order valence-corrected chi connectivity index (χ0v) is 13.9. The summed E-state index contributed by atoms with van der Waals surface area (Å²) in [6, 6.07) is 6.46. The molecule has 0 spiro atoms. The van der Waals surface area contributed by atoms with Crippen molar-refractivity contribution in [1.29, 1.82) is 0 Å². The van der Waals surface area contributed by atoms with E-state index in [0.717, 1.165) is 13.0 Å². The van der Waals surface area contributed by atoms with Crippen LogP contribution in [0.15, 0.2) is 29.2 Å². The maximum Gasteiger partial charge on any atom is 0.255 e. The molecule has 0 unspecified atom stereocenters. The van der Waals surface area contributed by atoms with Gasteiger partial charge in [-0.15, -0.1) is 0 Å². The lowest BCUT2D eigenvalue weighted by Gasteiger charge is -2.24. The predicted octanol–water partition coefficient (Wildman–Crippen LogP) is 1.98. The molecule has 1 aliphatic heterocycles. The molecule has 1 fully saturated rings. The van der Waals surface area contributed by atoms with Crippen molar-refractivity contribution in [1.82, 2.24) is 4.90 Å². The lowest BCUT2D eigenvalue weighted by Crippen LogP contribution is -2.36. The molecule has 0 bridgehead atoms. The summed E-state index contributed by atoms with van der Waals surface area (Å²) in [5, 5.41) is 0. The average molecular weight is 325 g/mol. The minimum Gasteiger partial charge on any atom is -0.381 e. The van der Waals surface area contributed by atoms with Gasteiger partial charge in [0.15, 0.2) is 9.84 Å². The lowest BCUT2D eigenvalue weighted by atomic mass is 10.1. The smallest absolute Gasteiger partial charge is 0.255 e. The Morgan fingerprint density at radius 2 is 2.05 bits per heavy atom. The molecule has 6 heteroatoms. The van der Waals surface area contributed by atoms with Gasteiger partial charge in [0.2, 0.25) is 0 Å². The first-order chi connectivity index (χ1) is 10.5. The van der Waals surface area contributed by atoms with Gasteiger partial charge in [0.25, 0.3) is 5.91 Å². The lowest BCUT2D eigenvalue weighted by molar-refractivity contribution is 0.0727. The predicted molar refractivity (Wildman–Crippen MR) is 84.7 cm³/mol. The highest BCUT2D eigenvalue weighted by Gasteiger charge is 2.26. The van der Waals surface area contributed by atoms with Crippen LogP contribution in [0.5, 0.6) is 0 Å². The Morgan fingerprint density at radius 3 is 2.64 bits per heavy atom. The summed E-state index contributed by atoms with van der Waals surface area (Å²) in [7, 11) is -3.42. The second kappa shape index (κ2) is 7.24. The Kier molecular flexibility index (Phi) is 5.58. The van der Waals surface area contributed by atoms with Gasteiger partial charge >= 0.3 is 0 Å². The standard InChI is InChI=1S/C16H23NO4S/c1-3-17(11-13-9-10-21-12-13)16(18)14-7-5-6-8-15(14)22(19,20)4-2/h5-8,13H,3-4,9-12H2,1-2H3/t13-/m1/s1. The molecule has 1 amide bonds. The van der Waals surface area contributed by atoms with Crippen LogP contribution in [-0.2, 0) is 14.6 Å². The van der Waals surface area contributed by atoms with Crippen LogP contribution >= 0.6 is 0 Å². The van der Waals surface area contributed by atoms with Gasteiger partial charge in [-0.05, 0) is 25.5 Å². The number of amides is 1. The summed E-state index contributed by atoms with van der Waals surface area (Å²) in [5.41, 5.74) is 0.269. The SMILES string of the molecule is CCN(C[C@H]1CCOC1)C(=O)c1ccccc1S(=O)(=O)CC. The van der Waals surface area contributed by atoms with Crippen molar-refractivity contribution < 1.29 is 17.9 Å². The Bertz CT molecular complexity index is 621. The number of sulfone groups is 1. The summed E-state index contributed by atoms with van der Waals surface area (Å²) in [6.45, 7) is 6.05. The molecule has 22 heavy (non-hydrogen) atoms. The van der Waals surface area contributed by atoms with Crippen LogP contribution in [0.4, 0.5) is 0 Å². The van der Waals surface area contributed by atoms with E-state index in [1.807, 2.05) is 6.92 Å². The molecule has 5 nitrogen and oxygen atoms in total. The van der Waals surface area contributed by atoms with E-state index in [4.69, 9.17) is 4.74 Å². The molecule has 122 valence electrons. The zero-order chi connectivity index (χ0) is 16.2. The summed E-state index contributed by atoms with van der Waals surface area (Å²) in [4.78, 5) is 14.6. The van der Waals surface area contributed by atoms with Crippen LogP contribution in [0.1, 0.15) is 30.6 Å². The highest BCUT2D eigenvalue weighted by molar-refractivity contribution is 7.91. The van der Waals surface area contributed by atoms with Gasteiger partial charge in [0.05, 0.1) is 22.8 Å². The molecule has 2 rings (SSSR count). The van der Waals surface area contributed by atoms with E-state index in [9.17, 15) is 13.2 Å². The number of benzene rings is 1. The maximum absolute atomic E-state index is 12.8. The van der Waals surface area contributed by atoms with Crippen molar-refractivity contribution in [2.24, 2.45) is 5.92 Å². The second-order valence-electron chi connectivity index (χ2n) is 5.47. The van der Waals surface area contributed by atoms with Gasteiger partial charge in [-0.1, -0.05) is 19.1 Å². The summed E-state index contributed by atoms with van der Waals surface area (Å²) < 4.78 is 29.7. The monoisotopic (exact) mass is 325 g/mol. The highest BCUT2D eigenvalue weighted by Crippen LogP contribution is 2.21. The molecule has 1 heterocycles. The van der Waals surface area contributed by atoms with Crippen LogP contribution in [0, 0.1) is 5.92 Å². The van der Waals surface area contributed by atoms with Crippen LogP contribution < -0.4 is 0 Å². The van der Waals surface area contributed by atoms with E-state index in [0.29, 0.717) is 25.6 Å². The number of hydrogen-bond acceptors (Lipinski definition) is 4. The number of ether oxygens (including phenoxy) is 1. The third-order valence-electron chi connectivity index (χ3n) is 4.00. The Morgan fingerprint density at radius 1 is 1.32 bits per heavy atom. The molecule has 0 aliphatic carbocycles. The molecule has 1 atom stereocenters. The van der Waals surface area contributed by atoms with E-state index in [1.165, 1.54) is 6.07 Å². The molecular formula is C16H23NO4S. The van der Waals surface area contributed by atoms with Crippen LogP contribution in [-0.4, -0.2) is 51.3 Å². The van der Waals surface area contributed by atoms with Crippen molar-refractivity contribution >= 4 is 15.7 Å². The van der Waals surface area contributed by atoms with Crippen molar-refractivity contribution in [3.63, 3.8) is 0 Å². The average Bonchev–Trinajstić information content (AvgIpc) is 3.05. The first kappa shape index (κ1) is 17.0. The fraction of sp³-hybridized carbons (Fsp3) is 0.562. The van der Waals surface area contributed by atoms with Crippen molar-refractivity contribution in [3.8, 4) is 0 Å². The van der Waals surface area contributed by atoms with Crippen LogP contribution in [0.3, 0.4) is 0 Å². The van der Waals surface area contributed by atoms with Gasteiger partial charge < -0.3 is 9.64 Å². The molecule has 1 aromatic carbocycles. The molecule has 0 N–H and O–H groups in total. The first-order valence-electron chi connectivity index (χ1n) is 7.68. The number of hydrogen-bond donors (Lipinski definition) is 0. The fourth-order valence-electron chi connectivity index (χ4n) is 2.63. The third-order valence-corrected chi connectivity index (χ3v) is 5.79. The number of carbonyl (C=O) groups is 1. The van der Waals surface area contributed by atoms with E-state index in [1.54, 1.807) is 30.0 Å². The van der Waals surface area contributed by atoms with Gasteiger partial charge in [0.1, 0.15) is 0 Å².